The summed E-state index contributed by atoms with van der Waals surface area (Å²) < 4.78 is 5.47. The Morgan fingerprint density at radius 2 is 2.32 bits per heavy atom. The average molecular weight is 258 g/mol. The standard InChI is InChI=1S/C16H22N2O/c1-3-10-17-12-7-5-8-13-15(12)11-6-4-9-14(19-2)16(11)18-13/h4,6,9,12,17-18H,3,5,7-8,10H2,1-2H3. The Kier molecular flexibility index (Phi) is 3.47. The number of methoxy groups -OCH3 is 1. The number of ether oxygens (including phenoxy) is 1. The number of hydrogen-bond donors (Lipinski definition) is 2. The summed E-state index contributed by atoms with van der Waals surface area (Å²) in [5.74, 6) is 0.946. The van der Waals surface area contributed by atoms with Gasteiger partial charge < -0.3 is 15.0 Å². The van der Waals surface area contributed by atoms with Crippen molar-refractivity contribution in [1.29, 1.82) is 0 Å². The zero-order valence-electron chi connectivity index (χ0n) is 11.8. The first-order valence-corrected chi connectivity index (χ1v) is 7.26. The molecule has 1 aliphatic rings. The van der Waals surface area contributed by atoms with E-state index < -0.39 is 0 Å². The Balaban J connectivity index is 2.09. The van der Waals surface area contributed by atoms with E-state index in [2.05, 4.69) is 29.4 Å². The van der Waals surface area contributed by atoms with Crippen molar-refractivity contribution in [3.05, 3.63) is 29.5 Å². The first-order chi connectivity index (χ1) is 9.35. The maximum atomic E-state index is 5.47. The number of benzene rings is 1. The lowest BCUT2D eigenvalue weighted by molar-refractivity contribution is 0.419. The average Bonchev–Trinajstić information content (AvgIpc) is 2.84. The zero-order chi connectivity index (χ0) is 13.2. The highest BCUT2D eigenvalue weighted by atomic mass is 16.5. The van der Waals surface area contributed by atoms with Gasteiger partial charge in [-0.3, -0.25) is 0 Å². The van der Waals surface area contributed by atoms with Gasteiger partial charge in [0, 0.05) is 17.1 Å². The van der Waals surface area contributed by atoms with E-state index in [1.165, 1.54) is 35.9 Å². The van der Waals surface area contributed by atoms with Gasteiger partial charge in [-0.2, -0.15) is 0 Å². The van der Waals surface area contributed by atoms with Crippen molar-refractivity contribution < 1.29 is 4.74 Å². The van der Waals surface area contributed by atoms with Crippen molar-refractivity contribution >= 4 is 10.9 Å². The van der Waals surface area contributed by atoms with Gasteiger partial charge in [0.1, 0.15) is 5.75 Å². The summed E-state index contributed by atoms with van der Waals surface area (Å²) in [5, 5.41) is 5.00. The third-order valence-electron chi connectivity index (χ3n) is 4.05. The summed E-state index contributed by atoms with van der Waals surface area (Å²) in [7, 11) is 1.74. The molecule has 0 saturated heterocycles. The third-order valence-corrected chi connectivity index (χ3v) is 4.05. The van der Waals surface area contributed by atoms with Crippen molar-refractivity contribution in [3.8, 4) is 5.75 Å². The minimum Gasteiger partial charge on any atom is -0.495 e. The van der Waals surface area contributed by atoms with E-state index in [0.717, 1.165) is 24.2 Å². The summed E-state index contributed by atoms with van der Waals surface area (Å²) >= 11 is 0. The fourth-order valence-corrected chi connectivity index (χ4v) is 3.18. The molecule has 2 aromatic rings. The predicted molar refractivity (Wildman–Crippen MR) is 78.8 cm³/mol. The van der Waals surface area contributed by atoms with Crippen molar-refractivity contribution in [2.45, 2.75) is 38.6 Å². The minimum absolute atomic E-state index is 0.490. The molecular formula is C16H22N2O. The number of hydrogen-bond acceptors (Lipinski definition) is 2. The normalized spacial score (nSPS) is 18.5. The van der Waals surface area contributed by atoms with Crippen LogP contribution in [0.15, 0.2) is 18.2 Å². The van der Waals surface area contributed by atoms with Crippen LogP contribution >= 0.6 is 0 Å². The molecule has 0 spiro atoms. The molecule has 2 N–H and O–H groups in total. The van der Waals surface area contributed by atoms with E-state index in [4.69, 9.17) is 4.74 Å². The van der Waals surface area contributed by atoms with E-state index in [-0.39, 0.29) is 0 Å². The first-order valence-electron chi connectivity index (χ1n) is 7.26. The van der Waals surface area contributed by atoms with E-state index >= 15 is 0 Å². The van der Waals surface area contributed by atoms with Gasteiger partial charge in [-0.15, -0.1) is 0 Å². The largest absolute Gasteiger partial charge is 0.495 e. The van der Waals surface area contributed by atoms with Crippen molar-refractivity contribution in [2.75, 3.05) is 13.7 Å². The molecule has 0 radical (unpaired) electrons. The molecular weight excluding hydrogens is 236 g/mol. The summed E-state index contributed by atoms with van der Waals surface area (Å²) in [6.45, 7) is 3.30. The summed E-state index contributed by atoms with van der Waals surface area (Å²) in [6.07, 6.45) is 4.82. The van der Waals surface area contributed by atoms with Crippen LogP contribution in [-0.2, 0) is 6.42 Å². The van der Waals surface area contributed by atoms with Crippen LogP contribution in [0.25, 0.3) is 10.9 Å². The summed E-state index contributed by atoms with van der Waals surface area (Å²) in [5.41, 5.74) is 4.01. The quantitative estimate of drug-likeness (QED) is 0.880. The molecule has 19 heavy (non-hydrogen) atoms. The number of fused-ring (bicyclic) bond motifs is 3. The Morgan fingerprint density at radius 3 is 3.11 bits per heavy atom. The van der Waals surface area contributed by atoms with Gasteiger partial charge in [-0.1, -0.05) is 19.1 Å². The Hall–Kier alpha value is -1.48. The Labute approximate surface area is 114 Å². The molecule has 0 saturated carbocycles. The maximum Gasteiger partial charge on any atom is 0.142 e. The van der Waals surface area contributed by atoms with Crippen molar-refractivity contribution in [1.82, 2.24) is 10.3 Å². The van der Waals surface area contributed by atoms with Crippen LogP contribution < -0.4 is 10.1 Å². The molecule has 1 atom stereocenters. The SMILES string of the molecule is CCCNC1CCCc2[nH]c3c(OC)cccc3c21. The summed E-state index contributed by atoms with van der Waals surface area (Å²) in [6, 6.07) is 6.81. The molecule has 3 nitrogen and oxygen atoms in total. The number of aromatic nitrogens is 1. The molecule has 0 aliphatic heterocycles. The topological polar surface area (TPSA) is 37.0 Å². The van der Waals surface area contributed by atoms with E-state index in [9.17, 15) is 0 Å². The van der Waals surface area contributed by atoms with Gasteiger partial charge in [0.15, 0.2) is 0 Å². The predicted octanol–water partition coefficient (Wildman–Crippen LogP) is 3.55. The molecule has 1 aromatic carbocycles. The molecule has 0 amide bonds. The Bertz CT molecular complexity index is 573. The number of aryl methyl sites for hydroxylation is 1. The molecule has 3 rings (SSSR count). The highest BCUT2D eigenvalue weighted by molar-refractivity contribution is 5.90. The second-order valence-electron chi connectivity index (χ2n) is 5.30. The van der Waals surface area contributed by atoms with E-state index in [1.807, 2.05) is 6.07 Å². The molecule has 1 aliphatic carbocycles. The van der Waals surface area contributed by atoms with Gasteiger partial charge in [0.2, 0.25) is 0 Å². The Morgan fingerprint density at radius 1 is 1.42 bits per heavy atom. The molecule has 1 aromatic heterocycles. The molecule has 1 heterocycles. The summed E-state index contributed by atoms with van der Waals surface area (Å²) in [4.78, 5) is 3.58. The van der Waals surface area contributed by atoms with Crippen LogP contribution in [0.3, 0.4) is 0 Å². The molecule has 102 valence electrons. The van der Waals surface area contributed by atoms with Crippen molar-refractivity contribution in [2.24, 2.45) is 0 Å². The third kappa shape index (κ3) is 2.12. The maximum absolute atomic E-state index is 5.47. The van der Waals surface area contributed by atoms with Gasteiger partial charge >= 0.3 is 0 Å². The van der Waals surface area contributed by atoms with Crippen LogP contribution in [0.4, 0.5) is 0 Å². The number of H-pyrrole nitrogens is 1. The van der Waals surface area contributed by atoms with Crippen LogP contribution in [0.1, 0.15) is 43.5 Å². The highest BCUT2D eigenvalue weighted by Gasteiger charge is 2.24. The fraction of sp³-hybridized carbons (Fsp3) is 0.500. The van der Waals surface area contributed by atoms with Gasteiger partial charge in [0.05, 0.1) is 12.6 Å². The van der Waals surface area contributed by atoms with E-state index in [1.54, 1.807) is 7.11 Å². The lowest BCUT2D eigenvalue weighted by Gasteiger charge is -2.24. The van der Waals surface area contributed by atoms with Crippen LogP contribution in [-0.4, -0.2) is 18.6 Å². The monoisotopic (exact) mass is 258 g/mol. The second-order valence-corrected chi connectivity index (χ2v) is 5.30. The van der Waals surface area contributed by atoms with Crippen LogP contribution in [0.2, 0.25) is 0 Å². The van der Waals surface area contributed by atoms with Gasteiger partial charge in [-0.25, -0.2) is 0 Å². The molecule has 0 fully saturated rings. The minimum atomic E-state index is 0.490. The molecule has 0 bridgehead atoms. The number of nitrogens with one attached hydrogen (secondary N) is 2. The zero-order valence-corrected chi connectivity index (χ0v) is 11.8. The van der Waals surface area contributed by atoms with Crippen LogP contribution in [0, 0.1) is 0 Å². The molecule has 1 unspecified atom stereocenters. The van der Waals surface area contributed by atoms with Crippen LogP contribution in [0.5, 0.6) is 5.75 Å². The van der Waals surface area contributed by atoms with Gasteiger partial charge in [0.25, 0.3) is 0 Å². The molecule has 3 heteroatoms. The van der Waals surface area contributed by atoms with Crippen molar-refractivity contribution in [3.63, 3.8) is 0 Å². The van der Waals surface area contributed by atoms with E-state index in [0.29, 0.717) is 6.04 Å². The van der Waals surface area contributed by atoms with Gasteiger partial charge in [-0.05, 0) is 43.9 Å². The number of rotatable bonds is 4. The lowest BCUT2D eigenvalue weighted by Crippen LogP contribution is -2.25. The number of para-hydroxylation sites is 1. The lowest BCUT2D eigenvalue weighted by atomic mass is 9.90. The first kappa shape index (κ1) is 12.5. The smallest absolute Gasteiger partial charge is 0.142 e. The fourth-order valence-electron chi connectivity index (χ4n) is 3.18. The second kappa shape index (κ2) is 5.25. The number of aromatic amines is 1. The highest BCUT2D eigenvalue weighted by Crippen LogP contribution is 2.38.